The van der Waals surface area contributed by atoms with Crippen LogP contribution in [0.25, 0.3) is 0 Å². The van der Waals surface area contributed by atoms with E-state index in [1.54, 1.807) is 13.3 Å². The van der Waals surface area contributed by atoms with Gasteiger partial charge in [0.05, 0.1) is 12.8 Å². The molecule has 0 atom stereocenters. The summed E-state index contributed by atoms with van der Waals surface area (Å²) in [5, 5.41) is 3.99. The number of aryl methyl sites for hydroxylation is 1. The van der Waals surface area contributed by atoms with E-state index in [2.05, 4.69) is 49.3 Å². The van der Waals surface area contributed by atoms with Crippen LogP contribution in [-0.4, -0.2) is 22.1 Å². The van der Waals surface area contributed by atoms with Gasteiger partial charge in [0.2, 0.25) is 0 Å². The van der Waals surface area contributed by atoms with Gasteiger partial charge in [-0.05, 0) is 66.2 Å². The highest BCUT2D eigenvalue weighted by Gasteiger charge is 2.14. The first-order chi connectivity index (χ1) is 13.5. The minimum absolute atomic E-state index is 0.635. The predicted octanol–water partition coefficient (Wildman–Crippen LogP) is 5.56. The van der Waals surface area contributed by atoms with Gasteiger partial charge in [-0.15, -0.1) is 0 Å². The van der Waals surface area contributed by atoms with Gasteiger partial charge in [0, 0.05) is 30.0 Å². The number of pyridine rings is 1. The molecule has 0 aliphatic rings. The van der Waals surface area contributed by atoms with Gasteiger partial charge in [0.15, 0.2) is 5.11 Å². The van der Waals surface area contributed by atoms with E-state index in [4.69, 9.17) is 17.0 Å². The molecular weight excluding hydrogens is 434 g/mol. The number of anilines is 1. The largest absolute Gasteiger partial charge is 0.495 e. The van der Waals surface area contributed by atoms with E-state index >= 15 is 0 Å². The molecule has 6 heteroatoms. The SMILES string of the molecule is COc1ccc(C)cc1NC(=S)N(Cc1ccc(Br)cc1)Cc1cccnc1. The highest BCUT2D eigenvalue weighted by Crippen LogP contribution is 2.26. The molecule has 1 heterocycles. The van der Waals surface area contributed by atoms with Gasteiger partial charge in [-0.3, -0.25) is 4.98 Å². The van der Waals surface area contributed by atoms with Crippen LogP contribution < -0.4 is 10.1 Å². The van der Waals surface area contributed by atoms with Crippen molar-refractivity contribution in [3.63, 3.8) is 0 Å². The van der Waals surface area contributed by atoms with Crippen LogP contribution in [-0.2, 0) is 13.1 Å². The maximum Gasteiger partial charge on any atom is 0.174 e. The van der Waals surface area contributed by atoms with Crippen LogP contribution in [0.15, 0.2) is 71.5 Å². The van der Waals surface area contributed by atoms with Gasteiger partial charge in [0.25, 0.3) is 0 Å². The number of thiocarbonyl (C=S) groups is 1. The van der Waals surface area contributed by atoms with Gasteiger partial charge >= 0.3 is 0 Å². The van der Waals surface area contributed by atoms with Crippen molar-refractivity contribution < 1.29 is 4.74 Å². The Labute approximate surface area is 179 Å². The van der Waals surface area contributed by atoms with Crippen molar-refractivity contribution in [1.29, 1.82) is 0 Å². The second kappa shape index (κ2) is 9.66. The number of rotatable bonds is 6. The van der Waals surface area contributed by atoms with Crippen molar-refractivity contribution >= 4 is 38.9 Å². The third-order valence-electron chi connectivity index (χ3n) is 4.27. The Kier molecular flexibility index (Phi) is 7.01. The number of hydrogen-bond acceptors (Lipinski definition) is 3. The minimum Gasteiger partial charge on any atom is -0.495 e. The second-order valence-corrected chi connectivity index (χ2v) is 7.78. The number of aromatic nitrogens is 1. The van der Waals surface area contributed by atoms with Crippen molar-refractivity contribution in [2.24, 2.45) is 0 Å². The fourth-order valence-electron chi connectivity index (χ4n) is 2.84. The fourth-order valence-corrected chi connectivity index (χ4v) is 3.34. The zero-order valence-corrected chi connectivity index (χ0v) is 18.3. The van der Waals surface area contributed by atoms with Crippen LogP contribution >= 0.6 is 28.1 Å². The predicted molar refractivity (Wildman–Crippen MR) is 122 cm³/mol. The van der Waals surface area contributed by atoms with Gasteiger partial charge in [-0.1, -0.05) is 40.2 Å². The van der Waals surface area contributed by atoms with E-state index < -0.39 is 0 Å². The van der Waals surface area contributed by atoms with E-state index in [1.807, 2.05) is 49.5 Å². The highest BCUT2D eigenvalue weighted by atomic mass is 79.9. The summed E-state index contributed by atoms with van der Waals surface area (Å²) in [6, 6.07) is 18.3. The summed E-state index contributed by atoms with van der Waals surface area (Å²) in [4.78, 5) is 6.34. The Bertz CT molecular complexity index is 932. The van der Waals surface area contributed by atoms with E-state index in [-0.39, 0.29) is 0 Å². The molecule has 0 aliphatic heterocycles. The third-order valence-corrected chi connectivity index (χ3v) is 5.16. The van der Waals surface area contributed by atoms with E-state index in [9.17, 15) is 0 Å². The highest BCUT2D eigenvalue weighted by molar-refractivity contribution is 9.10. The number of nitrogens with zero attached hydrogens (tertiary/aromatic N) is 2. The normalized spacial score (nSPS) is 10.4. The Morgan fingerprint density at radius 1 is 1.11 bits per heavy atom. The van der Waals surface area contributed by atoms with Crippen LogP contribution in [0.5, 0.6) is 5.75 Å². The number of nitrogens with one attached hydrogen (secondary N) is 1. The molecule has 144 valence electrons. The average molecular weight is 456 g/mol. The molecule has 2 aromatic carbocycles. The van der Waals surface area contributed by atoms with Crippen molar-refractivity contribution in [1.82, 2.24) is 9.88 Å². The van der Waals surface area contributed by atoms with Gasteiger partial charge in [0.1, 0.15) is 5.75 Å². The van der Waals surface area contributed by atoms with Crippen LogP contribution in [0.3, 0.4) is 0 Å². The molecule has 3 rings (SSSR count). The van der Waals surface area contributed by atoms with Gasteiger partial charge in [-0.25, -0.2) is 0 Å². The number of benzene rings is 2. The van der Waals surface area contributed by atoms with Crippen LogP contribution in [0.2, 0.25) is 0 Å². The first kappa shape index (κ1) is 20.3. The fraction of sp³-hybridized carbons (Fsp3) is 0.182. The summed E-state index contributed by atoms with van der Waals surface area (Å²) in [7, 11) is 1.66. The lowest BCUT2D eigenvalue weighted by atomic mass is 10.2. The molecule has 1 N–H and O–H groups in total. The lowest BCUT2D eigenvalue weighted by Gasteiger charge is -2.27. The van der Waals surface area contributed by atoms with Crippen LogP contribution in [0.4, 0.5) is 5.69 Å². The molecule has 0 amide bonds. The van der Waals surface area contributed by atoms with Crippen molar-refractivity contribution in [2.45, 2.75) is 20.0 Å². The average Bonchev–Trinajstić information content (AvgIpc) is 2.70. The first-order valence-electron chi connectivity index (χ1n) is 8.89. The molecule has 4 nitrogen and oxygen atoms in total. The first-order valence-corrected chi connectivity index (χ1v) is 10.1. The topological polar surface area (TPSA) is 37.4 Å². The maximum atomic E-state index is 5.76. The number of halogens is 1. The minimum atomic E-state index is 0.635. The maximum absolute atomic E-state index is 5.76. The zero-order chi connectivity index (χ0) is 19.9. The Morgan fingerprint density at radius 3 is 2.54 bits per heavy atom. The molecule has 0 saturated heterocycles. The quantitative estimate of drug-likeness (QED) is 0.492. The van der Waals surface area contributed by atoms with E-state index in [0.29, 0.717) is 18.2 Å². The molecule has 0 spiro atoms. The molecule has 0 fully saturated rings. The second-order valence-electron chi connectivity index (χ2n) is 6.48. The van der Waals surface area contributed by atoms with Crippen LogP contribution in [0.1, 0.15) is 16.7 Å². The van der Waals surface area contributed by atoms with Crippen molar-refractivity contribution in [3.8, 4) is 5.75 Å². The van der Waals surface area contributed by atoms with Crippen LogP contribution in [0, 0.1) is 6.92 Å². The standard InChI is InChI=1S/C22H22BrN3OS/c1-16-5-10-21(27-2)20(12-16)25-22(28)26(15-18-4-3-11-24-13-18)14-17-6-8-19(23)9-7-17/h3-13H,14-15H2,1-2H3,(H,25,28). The summed E-state index contributed by atoms with van der Waals surface area (Å²) < 4.78 is 6.53. The smallest absolute Gasteiger partial charge is 0.174 e. The van der Waals surface area contributed by atoms with Crippen molar-refractivity contribution in [2.75, 3.05) is 12.4 Å². The monoisotopic (exact) mass is 455 g/mol. The lowest BCUT2D eigenvalue weighted by molar-refractivity contribution is 0.408. The summed E-state index contributed by atoms with van der Waals surface area (Å²) in [5.74, 6) is 0.762. The summed E-state index contributed by atoms with van der Waals surface area (Å²) >= 11 is 9.25. The van der Waals surface area contributed by atoms with Gasteiger partial charge in [-0.2, -0.15) is 0 Å². The molecule has 0 saturated carbocycles. The van der Waals surface area contributed by atoms with E-state index in [1.165, 1.54) is 5.56 Å². The van der Waals surface area contributed by atoms with Gasteiger partial charge < -0.3 is 15.0 Å². The molecule has 1 aromatic heterocycles. The molecule has 3 aromatic rings. The Morgan fingerprint density at radius 2 is 1.86 bits per heavy atom. The van der Waals surface area contributed by atoms with E-state index in [0.717, 1.165) is 27.0 Å². The summed E-state index contributed by atoms with van der Waals surface area (Å²) in [6.07, 6.45) is 3.64. The number of hydrogen-bond donors (Lipinski definition) is 1. The van der Waals surface area contributed by atoms with Crippen molar-refractivity contribution in [3.05, 3.63) is 88.2 Å². The molecule has 0 unspecified atom stereocenters. The molecule has 0 aliphatic carbocycles. The molecule has 0 bridgehead atoms. The molecule has 0 radical (unpaired) electrons. The Hall–Kier alpha value is -2.44. The molecule has 28 heavy (non-hydrogen) atoms. The summed E-state index contributed by atoms with van der Waals surface area (Å²) in [5.41, 5.74) is 4.27. The zero-order valence-electron chi connectivity index (χ0n) is 15.9. The summed E-state index contributed by atoms with van der Waals surface area (Å²) in [6.45, 7) is 3.38. The third kappa shape index (κ3) is 5.53. The Balaban J connectivity index is 1.83. The number of methoxy groups -OCH3 is 1. The lowest BCUT2D eigenvalue weighted by Crippen LogP contribution is -2.34. The number of ether oxygens (including phenoxy) is 1. The molecular formula is C22H22BrN3OS.